The first-order valence-electron chi connectivity index (χ1n) is 12.6. The van der Waals surface area contributed by atoms with Crippen LogP contribution >= 0.6 is 7.60 Å². The van der Waals surface area contributed by atoms with Crippen LogP contribution in [0, 0.1) is 0 Å². The lowest BCUT2D eigenvalue weighted by Crippen LogP contribution is -2.31. The first-order chi connectivity index (χ1) is 16.1. The molecule has 0 amide bonds. The van der Waals surface area contributed by atoms with E-state index in [0.717, 1.165) is 45.2 Å². The Balaban J connectivity index is 1.97. The zero-order chi connectivity index (χ0) is 23.8. The number of benzene rings is 2. The van der Waals surface area contributed by atoms with E-state index in [1.165, 1.54) is 22.8 Å². The molecule has 0 aliphatic carbocycles. The summed E-state index contributed by atoms with van der Waals surface area (Å²) >= 11 is 0. The first-order valence-corrected chi connectivity index (χ1v) is 14.3. The number of nitrogens with zero attached hydrogens (tertiary/aromatic N) is 1. The Kier molecular flexibility index (Phi) is 13.9. The predicted molar refractivity (Wildman–Crippen MR) is 140 cm³/mol. The zero-order valence-corrected chi connectivity index (χ0v) is 21.3. The highest BCUT2D eigenvalue weighted by molar-refractivity contribution is 7.53. The van der Waals surface area contributed by atoms with Crippen LogP contribution in [0.3, 0.4) is 0 Å². The van der Waals surface area contributed by atoms with E-state index in [1.54, 1.807) is 0 Å². The van der Waals surface area contributed by atoms with Gasteiger partial charge in [-0.05, 0) is 68.2 Å². The van der Waals surface area contributed by atoms with E-state index in [-0.39, 0.29) is 0 Å². The molecule has 2 aromatic rings. The van der Waals surface area contributed by atoms with Crippen molar-refractivity contribution in [3.05, 3.63) is 48.0 Å². The molecule has 186 valence electrons. The van der Waals surface area contributed by atoms with Crippen LogP contribution in [0.25, 0.3) is 10.8 Å². The average molecular weight is 478 g/mol. The largest absolute Gasteiger partial charge is 0.331 e. The lowest BCUT2D eigenvalue weighted by atomic mass is 10.0. The van der Waals surface area contributed by atoms with E-state index >= 15 is 0 Å². The van der Waals surface area contributed by atoms with E-state index < -0.39 is 7.60 Å². The summed E-state index contributed by atoms with van der Waals surface area (Å²) in [5.74, 6) is 0. The Morgan fingerprint density at radius 1 is 0.818 bits per heavy atom. The van der Waals surface area contributed by atoms with Crippen LogP contribution in [0.5, 0.6) is 0 Å². The third-order valence-corrected chi connectivity index (χ3v) is 7.77. The molecular weight excluding hydrogens is 433 g/mol. The summed E-state index contributed by atoms with van der Waals surface area (Å²) in [7, 11) is -3.19. The summed E-state index contributed by atoms with van der Waals surface area (Å²) in [6.45, 7) is 6.76. The maximum absolute atomic E-state index is 13.6. The molecule has 0 bridgehead atoms. The van der Waals surface area contributed by atoms with Gasteiger partial charge >= 0.3 is 7.60 Å². The molecule has 6 nitrogen and oxygen atoms in total. The molecule has 33 heavy (non-hydrogen) atoms. The number of rotatable bonds is 19. The fourth-order valence-corrected chi connectivity index (χ4v) is 5.57. The van der Waals surface area contributed by atoms with Crippen molar-refractivity contribution in [2.75, 3.05) is 52.1 Å². The summed E-state index contributed by atoms with van der Waals surface area (Å²) in [6, 6.07) is 14.6. The number of hydrogen-bond donors (Lipinski definition) is 2. The maximum atomic E-state index is 13.6. The molecule has 0 saturated heterocycles. The molecule has 0 radical (unpaired) electrons. The monoisotopic (exact) mass is 477 g/mol. The normalized spacial score (nSPS) is 13.6. The molecule has 1 atom stereocenters. The van der Waals surface area contributed by atoms with Gasteiger partial charge in [-0.3, -0.25) is 4.57 Å². The highest BCUT2D eigenvalue weighted by Gasteiger charge is 2.25. The summed E-state index contributed by atoms with van der Waals surface area (Å²) < 4.78 is 25.6. The molecule has 0 aromatic heterocycles. The van der Waals surface area contributed by atoms with Crippen molar-refractivity contribution in [1.82, 2.24) is 4.90 Å². The molecule has 0 spiro atoms. The Morgan fingerprint density at radius 3 is 2.24 bits per heavy atom. The highest BCUT2D eigenvalue weighted by atomic mass is 31.2. The van der Waals surface area contributed by atoms with Crippen LogP contribution in [-0.2, 0) is 20.0 Å². The quantitative estimate of drug-likeness (QED) is 0.214. The predicted octanol–water partition coefficient (Wildman–Crippen LogP) is 5.19. The Labute approximate surface area is 200 Å². The zero-order valence-electron chi connectivity index (χ0n) is 20.4. The van der Waals surface area contributed by atoms with Crippen molar-refractivity contribution in [3.8, 4) is 0 Å². The van der Waals surface area contributed by atoms with Crippen molar-refractivity contribution in [3.63, 3.8) is 0 Å². The minimum atomic E-state index is -3.19. The molecule has 0 saturated carbocycles. The van der Waals surface area contributed by atoms with Gasteiger partial charge in [-0.1, -0.05) is 68.7 Å². The number of nitrogens with two attached hydrogens (primary N) is 2. The van der Waals surface area contributed by atoms with Gasteiger partial charge in [-0.15, -0.1) is 0 Å². The van der Waals surface area contributed by atoms with E-state index in [1.807, 2.05) is 12.1 Å². The van der Waals surface area contributed by atoms with E-state index in [2.05, 4.69) is 42.2 Å². The van der Waals surface area contributed by atoms with Crippen LogP contribution in [0.1, 0.15) is 51.0 Å². The number of hydrogen-bond acceptors (Lipinski definition) is 6. The molecule has 2 aromatic carbocycles. The molecular formula is C26H44N3O3P. The average Bonchev–Trinajstić information content (AvgIpc) is 2.84. The van der Waals surface area contributed by atoms with Crippen molar-refractivity contribution in [2.45, 2.75) is 51.9 Å². The summed E-state index contributed by atoms with van der Waals surface area (Å²) in [6.07, 6.45) is 7.25. The smallest absolute Gasteiger partial charge is 0.330 e. The van der Waals surface area contributed by atoms with Crippen LogP contribution in [-0.4, -0.2) is 57.0 Å². The SMILES string of the molecule is CCCCCCOP(=O)(CCN(CCCN)CCCN)OCCc1cccc2ccccc12. The topological polar surface area (TPSA) is 90.8 Å². The summed E-state index contributed by atoms with van der Waals surface area (Å²) in [4.78, 5) is 2.28. The fraction of sp³-hybridized carbons (Fsp3) is 0.615. The van der Waals surface area contributed by atoms with Gasteiger partial charge in [0.05, 0.1) is 19.4 Å². The Hall–Kier alpha value is -1.27. The molecule has 7 heteroatoms. The summed E-state index contributed by atoms with van der Waals surface area (Å²) in [5.41, 5.74) is 12.6. The second-order valence-electron chi connectivity index (χ2n) is 8.58. The van der Waals surface area contributed by atoms with Crippen LogP contribution < -0.4 is 11.5 Å². The standard InChI is InChI=1S/C26H44N3O3P/c1-2-3-4-7-21-31-33(30,23-20-29(18-9-16-27)19-10-17-28)32-22-15-25-13-8-12-24-11-5-6-14-26(24)25/h5-6,8,11-14H,2-4,7,9-10,15-23,27-28H2,1H3. The fourth-order valence-electron chi connectivity index (χ4n) is 3.93. The minimum absolute atomic E-state index is 0.381. The lowest BCUT2D eigenvalue weighted by molar-refractivity contribution is 0.196. The maximum Gasteiger partial charge on any atom is 0.331 e. The van der Waals surface area contributed by atoms with E-state index in [0.29, 0.717) is 45.4 Å². The van der Waals surface area contributed by atoms with Crippen LogP contribution in [0.2, 0.25) is 0 Å². The van der Waals surface area contributed by atoms with Crippen LogP contribution in [0.4, 0.5) is 0 Å². The molecule has 2 rings (SSSR count). The van der Waals surface area contributed by atoms with Crippen molar-refractivity contribution < 1.29 is 13.6 Å². The van der Waals surface area contributed by atoms with Gasteiger partial charge in [0.1, 0.15) is 0 Å². The van der Waals surface area contributed by atoms with Gasteiger partial charge in [0.25, 0.3) is 0 Å². The third kappa shape index (κ3) is 10.7. The first kappa shape index (κ1) is 28.0. The third-order valence-electron chi connectivity index (χ3n) is 5.87. The van der Waals surface area contributed by atoms with Gasteiger partial charge in [0.2, 0.25) is 0 Å². The molecule has 0 fully saturated rings. The minimum Gasteiger partial charge on any atom is -0.330 e. The van der Waals surface area contributed by atoms with E-state index in [9.17, 15) is 4.57 Å². The Bertz CT molecular complexity index is 820. The molecule has 1 unspecified atom stereocenters. The second kappa shape index (κ2) is 16.4. The molecule has 0 heterocycles. The van der Waals surface area contributed by atoms with E-state index in [4.69, 9.17) is 20.5 Å². The van der Waals surface area contributed by atoms with Crippen molar-refractivity contribution in [2.24, 2.45) is 11.5 Å². The number of fused-ring (bicyclic) bond motifs is 1. The van der Waals surface area contributed by atoms with Gasteiger partial charge < -0.3 is 25.4 Å². The van der Waals surface area contributed by atoms with Crippen molar-refractivity contribution in [1.29, 1.82) is 0 Å². The summed E-state index contributed by atoms with van der Waals surface area (Å²) in [5, 5.41) is 2.43. The van der Waals surface area contributed by atoms with Crippen LogP contribution in [0.15, 0.2) is 42.5 Å². The number of unbranched alkanes of at least 4 members (excludes halogenated alkanes) is 3. The van der Waals surface area contributed by atoms with Gasteiger partial charge in [-0.2, -0.15) is 0 Å². The molecule has 0 aliphatic rings. The van der Waals surface area contributed by atoms with Gasteiger partial charge in [0.15, 0.2) is 0 Å². The van der Waals surface area contributed by atoms with Gasteiger partial charge in [-0.25, -0.2) is 0 Å². The lowest BCUT2D eigenvalue weighted by Gasteiger charge is -2.25. The molecule has 4 N–H and O–H groups in total. The second-order valence-corrected chi connectivity index (χ2v) is 10.8. The Morgan fingerprint density at radius 2 is 1.52 bits per heavy atom. The van der Waals surface area contributed by atoms with Crippen molar-refractivity contribution >= 4 is 18.4 Å². The van der Waals surface area contributed by atoms with Gasteiger partial charge in [0, 0.05) is 6.54 Å². The molecule has 0 aliphatic heterocycles. The highest BCUT2D eigenvalue weighted by Crippen LogP contribution is 2.48.